The topological polar surface area (TPSA) is 12.0 Å². The lowest BCUT2D eigenvalue weighted by atomic mass is 10.0. The van der Waals surface area contributed by atoms with Crippen molar-refractivity contribution in [1.82, 2.24) is 0 Å². The Hall–Kier alpha value is -1.07. The third-order valence-electron chi connectivity index (χ3n) is 3.17. The summed E-state index contributed by atoms with van der Waals surface area (Å²) in [6, 6.07) is 5.62. The van der Waals surface area contributed by atoms with Gasteiger partial charge in [0.05, 0.1) is 15.9 Å². The lowest BCUT2D eigenvalue weighted by Gasteiger charge is -2.28. The fourth-order valence-corrected chi connectivity index (χ4v) is 4.85. The van der Waals surface area contributed by atoms with Crippen LogP contribution in [-0.2, 0) is 0 Å². The van der Waals surface area contributed by atoms with Crippen LogP contribution in [0.25, 0.3) is 0 Å². The highest BCUT2D eigenvalue weighted by Gasteiger charge is 2.26. The zero-order valence-corrected chi connectivity index (χ0v) is 12.0. The average Bonchev–Trinajstić information content (AvgIpc) is 2.82. The molecular formula is C14H13F2NS2. The molecule has 3 rings (SSSR count). The van der Waals surface area contributed by atoms with Gasteiger partial charge in [0, 0.05) is 5.25 Å². The third-order valence-corrected chi connectivity index (χ3v) is 5.51. The molecular weight excluding hydrogens is 284 g/mol. The molecule has 0 saturated carbocycles. The second-order valence-corrected chi connectivity index (χ2v) is 7.27. The summed E-state index contributed by atoms with van der Waals surface area (Å²) in [5.74, 6) is -0.836. The molecule has 2 heterocycles. The van der Waals surface area contributed by atoms with Crippen molar-refractivity contribution in [3.05, 3.63) is 46.8 Å². The average molecular weight is 297 g/mol. The number of fused-ring (bicyclic) bond motifs is 1. The Kier molecular flexibility index (Phi) is 3.50. The molecule has 1 aliphatic heterocycles. The minimum absolute atomic E-state index is 0.0498. The molecule has 0 amide bonds. The molecule has 1 N–H and O–H groups in total. The van der Waals surface area contributed by atoms with E-state index in [4.69, 9.17) is 0 Å². The molecule has 5 heteroatoms. The number of thioether (sulfide) groups is 1. The van der Waals surface area contributed by atoms with Crippen LogP contribution in [-0.4, -0.2) is 5.25 Å². The number of hydrogen-bond donors (Lipinski definition) is 1. The Labute approximate surface area is 119 Å². The van der Waals surface area contributed by atoms with E-state index in [0.717, 1.165) is 18.6 Å². The molecule has 2 atom stereocenters. The van der Waals surface area contributed by atoms with Gasteiger partial charge in [0.15, 0.2) is 0 Å². The SMILES string of the molecule is C[C@H]1CC(Nc2cc(F)ccc2F)c2ccsc2S1. The molecule has 1 aromatic carbocycles. The van der Waals surface area contributed by atoms with Gasteiger partial charge in [-0.05, 0) is 41.6 Å². The van der Waals surface area contributed by atoms with E-state index in [-0.39, 0.29) is 11.7 Å². The van der Waals surface area contributed by atoms with Crippen LogP contribution in [0.5, 0.6) is 0 Å². The van der Waals surface area contributed by atoms with Gasteiger partial charge < -0.3 is 5.32 Å². The first-order valence-corrected chi connectivity index (χ1v) is 7.85. The number of rotatable bonds is 2. The van der Waals surface area contributed by atoms with Gasteiger partial charge in [0.25, 0.3) is 0 Å². The molecule has 0 saturated heterocycles. The number of anilines is 1. The first-order chi connectivity index (χ1) is 9.13. The molecule has 0 fully saturated rings. The van der Waals surface area contributed by atoms with Crippen LogP contribution in [0, 0.1) is 11.6 Å². The van der Waals surface area contributed by atoms with Gasteiger partial charge in [-0.25, -0.2) is 8.78 Å². The Morgan fingerprint density at radius 1 is 1.26 bits per heavy atom. The highest BCUT2D eigenvalue weighted by Crippen LogP contribution is 2.45. The summed E-state index contributed by atoms with van der Waals surface area (Å²) in [5, 5.41) is 5.66. The number of halogens is 2. The van der Waals surface area contributed by atoms with Crippen molar-refractivity contribution in [2.45, 2.75) is 28.8 Å². The quantitative estimate of drug-likeness (QED) is 0.831. The van der Waals surface area contributed by atoms with Crippen molar-refractivity contribution in [2.75, 3.05) is 5.32 Å². The first kappa shape index (κ1) is 12.9. The van der Waals surface area contributed by atoms with Gasteiger partial charge in [0.1, 0.15) is 11.6 Å². The van der Waals surface area contributed by atoms with Crippen LogP contribution in [0.1, 0.15) is 24.9 Å². The molecule has 0 aliphatic carbocycles. The minimum atomic E-state index is -0.423. The van der Waals surface area contributed by atoms with E-state index in [0.29, 0.717) is 5.25 Å². The molecule has 19 heavy (non-hydrogen) atoms. The van der Waals surface area contributed by atoms with Gasteiger partial charge in [-0.1, -0.05) is 6.92 Å². The van der Waals surface area contributed by atoms with Gasteiger partial charge in [-0.3, -0.25) is 0 Å². The summed E-state index contributed by atoms with van der Waals surface area (Å²) >= 11 is 3.56. The lowest BCUT2D eigenvalue weighted by Crippen LogP contribution is -2.19. The molecule has 100 valence electrons. The van der Waals surface area contributed by atoms with Crippen molar-refractivity contribution >= 4 is 28.8 Å². The monoisotopic (exact) mass is 297 g/mol. The van der Waals surface area contributed by atoms with Gasteiger partial charge >= 0.3 is 0 Å². The van der Waals surface area contributed by atoms with Crippen LogP contribution in [0.15, 0.2) is 33.9 Å². The zero-order chi connectivity index (χ0) is 13.4. The molecule has 0 radical (unpaired) electrons. The standard InChI is InChI=1S/C14H13F2NS2/c1-8-6-12(10-4-5-18-14(10)19-8)17-13-7-9(15)2-3-11(13)16/h2-5,7-8,12,17H,6H2,1H3/t8-,12?/m0/s1. The minimum Gasteiger partial charge on any atom is -0.376 e. The Morgan fingerprint density at radius 2 is 2.11 bits per heavy atom. The lowest BCUT2D eigenvalue weighted by molar-refractivity contribution is 0.594. The van der Waals surface area contributed by atoms with Crippen molar-refractivity contribution in [1.29, 1.82) is 0 Å². The molecule has 1 unspecified atom stereocenters. The van der Waals surface area contributed by atoms with E-state index >= 15 is 0 Å². The van der Waals surface area contributed by atoms with Gasteiger partial charge in [-0.2, -0.15) is 0 Å². The largest absolute Gasteiger partial charge is 0.376 e. The summed E-state index contributed by atoms with van der Waals surface area (Å²) in [6.07, 6.45) is 0.907. The highest BCUT2D eigenvalue weighted by molar-refractivity contribution is 8.01. The predicted molar refractivity (Wildman–Crippen MR) is 77.0 cm³/mol. The van der Waals surface area contributed by atoms with E-state index in [2.05, 4.69) is 18.3 Å². The molecule has 2 aromatic rings. The third kappa shape index (κ3) is 2.62. The summed E-state index contributed by atoms with van der Waals surface area (Å²) in [5.41, 5.74) is 1.43. The second kappa shape index (κ2) is 5.13. The second-order valence-electron chi connectivity index (χ2n) is 4.65. The van der Waals surface area contributed by atoms with Crippen molar-refractivity contribution in [3.8, 4) is 0 Å². The maximum absolute atomic E-state index is 13.7. The van der Waals surface area contributed by atoms with Crippen LogP contribution < -0.4 is 5.32 Å². The van der Waals surface area contributed by atoms with Gasteiger partial charge in [-0.15, -0.1) is 23.1 Å². The maximum Gasteiger partial charge on any atom is 0.146 e. The zero-order valence-electron chi connectivity index (χ0n) is 10.3. The van der Waals surface area contributed by atoms with E-state index in [1.807, 2.05) is 17.1 Å². The molecule has 0 spiro atoms. The molecule has 1 aliphatic rings. The van der Waals surface area contributed by atoms with E-state index < -0.39 is 11.6 Å². The van der Waals surface area contributed by atoms with E-state index in [1.165, 1.54) is 15.8 Å². The molecule has 0 bridgehead atoms. The Morgan fingerprint density at radius 3 is 2.95 bits per heavy atom. The van der Waals surface area contributed by atoms with Crippen molar-refractivity contribution in [3.63, 3.8) is 0 Å². The van der Waals surface area contributed by atoms with Crippen LogP contribution in [0.2, 0.25) is 0 Å². The summed E-state index contributed by atoms with van der Waals surface area (Å²) in [6.45, 7) is 2.16. The van der Waals surface area contributed by atoms with Crippen LogP contribution in [0.4, 0.5) is 14.5 Å². The highest BCUT2D eigenvalue weighted by atomic mass is 32.2. The Balaban J connectivity index is 1.90. The maximum atomic E-state index is 13.7. The summed E-state index contributed by atoms with van der Waals surface area (Å²) in [7, 11) is 0. The fraction of sp³-hybridized carbons (Fsp3) is 0.286. The number of benzene rings is 1. The predicted octanol–water partition coefficient (Wildman–Crippen LogP) is 5.06. The first-order valence-electron chi connectivity index (χ1n) is 6.09. The number of nitrogens with one attached hydrogen (secondary N) is 1. The van der Waals surface area contributed by atoms with Crippen LogP contribution >= 0.6 is 23.1 Å². The summed E-state index contributed by atoms with van der Waals surface area (Å²) in [4.78, 5) is 0. The number of thiophene rings is 1. The smallest absolute Gasteiger partial charge is 0.146 e. The molecule has 1 aromatic heterocycles. The summed E-state index contributed by atoms with van der Waals surface area (Å²) < 4.78 is 28.2. The molecule has 1 nitrogen and oxygen atoms in total. The number of hydrogen-bond acceptors (Lipinski definition) is 3. The van der Waals surface area contributed by atoms with Crippen molar-refractivity contribution in [2.24, 2.45) is 0 Å². The van der Waals surface area contributed by atoms with E-state index in [9.17, 15) is 8.78 Å². The Bertz CT molecular complexity index is 597. The van der Waals surface area contributed by atoms with Crippen molar-refractivity contribution < 1.29 is 8.78 Å². The fourth-order valence-electron chi connectivity index (χ4n) is 2.28. The van der Waals surface area contributed by atoms with Crippen LogP contribution in [0.3, 0.4) is 0 Å². The van der Waals surface area contributed by atoms with E-state index in [1.54, 1.807) is 11.3 Å². The normalized spacial score (nSPS) is 22.1. The van der Waals surface area contributed by atoms with Gasteiger partial charge in [0.2, 0.25) is 0 Å².